The zero-order chi connectivity index (χ0) is 10.7. The second-order valence-electron chi connectivity index (χ2n) is 3.18. The van der Waals surface area contributed by atoms with Gasteiger partial charge in [0, 0.05) is 5.56 Å². The number of hydrogen-bond acceptors (Lipinski definition) is 3. The van der Waals surface area contributed by atoms with Crippen LogP contribution in [0.15, 0.2) is 34.7 Å². The fourth-order valence-electron chi connectivity index (χ4n) is 1.42. The first-order chi connectivity index (χ1) is 7.35. The first-order valence-corrected chi connectivity index (χ1v) is 4.94. The van der Waals surface area contributed by atoms with E-state index in [1.807, 2.05) is 37.3 Å². The number of nitrogens with zero attached hydrogens (tertiary/aromatic N) is 1. The number of aryl methyl sites for hydroxylation is 1. The Kier molecular flexibility index (Phi) is 2.72. The van der Waals surface area contributed by atoms with Gasteiger partial charge in [0.15, 0.2) is 0 Å². The number of methoxy groups -OCH3 is 1. The van der Waals surface area contributed by atoms with E-state index in [0.717, 1.165) is 17.7 Å². The summed E-state index contributed by atoms with van der Waals surface area (Å²) in [5, 5.41) is 0. The molecule has 1 aromatic carbocycles. The summed E-state index contributed by atoms with van der Waals surface area (Å²) in [6, 6.07) is 9.80. The average Bonchev–Trinajstić information content (AvgIpc) is 2.73. The summed E-state index contributed by atoms with van der Waals surface area (Å²) >= 11 is 0. The van der Waals surface area contributed by atoms with Gasteiger partial charge in [-0.2, -0.15) is 0 Å². The second-order valence-corrected chi connectivity index (χ2v) is 3.18. The maximum Gasteiger partial charge on any atom is 0.308 e. The van der Waals surface area contributed by atoms with Crippen LogP contribution in [0.3, 0.4) is 0 Å². The van der Waals surface area contributed by atoms with Gasteiger partial charge in [0.25, 0.3) is 0 Å². The summed E-state index contributed by atoms with van der Waals surface area (Å²) in [6.45, 7) is 2.02. The van der Waals surface area contributed by atoms with Crippen molar-refractivity contribution in [3.8, 4) is 17.4 Å². The monoisotopic (exact) mass is 203 g/mol. The Morgan fingerprint density at radius 3 is 2.53 bits per heavy atom. The van der Waals surface area contributed by atoms with Crippen LogP contribution >= 0.6 is 0 Å². The predicted molar refractivity (Wildman–Crippen MR) is 57.9 cm³/mol. The number of aromatic nitrogens is 1. The molecule has 3 heteroatoms. The lowest BCUT2D eigenvalue weighted by Crippen LogP contribution is -1.86. The number of oxazole rings is 1. The maximum absolute atomic E-state index is 5.51. The van der Waals surface area contributed by atoms with Crippen molar-refractivity contribution in [3.63, 3.8) is 0 Å². The summed E-state index contributed by atoms with van der Waals surface area (Å²) in [4.78, 5) is 4.38. The van der Waals surface area contributed by atoms with Crippen molar-refractivity contribution < 1.29 is 9.15 Å². The largest absolute Gasteiger partial charge is 0.467 e. The maximum atomic E-state index is 5.51. The minimum atomic E-state index is 0.511. The molecule has 0 atom stereocenters. The lowest BCUT2D eigenvalue weighted by Gasteiger charge is -1.93. The molecule has 3 nitrogen and oxygen atoms in total. The number of rotatable bonds is 3. The summed E-state index contributed by atoms with van der Waals surface area (Å²) < 4.78 is 10.6. The van der Waals surface area contributed by atoms with Crippen LogP contribution in [0.1, 0.15) is 12.6 Å². The van der Waals surface area contributed by atoms with Crippen LogP contribution in [0.2, 0.25) is 0 Å². The smallest absolute Gasteiger partial charge is 0.308 e. The standard InChI is InChI=1S/C12H13NO2/c1-3-10-12(14-2)15-11(13-10)9-7-5-4-6-8-9/h4-8H,3H2,1-2H3. The SMILES string of the molecule is CCc1nc(-c2ccccc2)oc1OC. The summed E-state index contributed by atoms with van der Waals surface area (Å²) in [7, 11) is 1.59. The van der Waals surface area contributed by atoms with E-state index in [1.54, 1.807) is 7.11 Å². The van der Waals surface area contributed by atoms with Crippen LogP contribution in [0.25, 0.3) is 11.5 Å². The van der Waals surface area contributed by atoms with E-state index in [-0.39, 0.29) is 0 Å². The molecular formula is C12H13NO2. The molecule has 0 unspecified atom stereocenters. The molecule has 0 saturated carbocycles. The van der Waals surface area contributed by atoms with Crippen molar-refractivity contribution in [2.75, 3.05) is 7.11 Å². The quantitative estimate of drug-likeness (QED) is 0.769. The van der Waals surface area contributed by atoms with Gasteiger partial charge >= 0.3 is 5.95 Å². The molecule has 2 aromatic rings. The van der Waals surface area contributed by atoms with Gasteiger partial charge in [-0.05, 0) is 18.6 Å². The number of benzene rings is 1. The average molecular weight is 203 g/mol. The lowest BCUT2D eigenvalue weighted by molar-refractivity contribution is 0.305. The molecule has 0 N–H and O–H groups in total. The van der Waals surface area contributed by atoms with Crippen molar-refractivity contribution in [2.45, 2.75) is 13.3 Å². The summed E-state index contributed by atoms with van der Waals surface area (Å²) in [5.74, 6) is 1.13. The highest BCUT2D eigenvalue weighted by Crippen LogP contribution is 2.26. The van der Waals surface area contributed by atoms with Gasteiger partial charge < -0.3 is 9.15 Å². The van der Waals surface area contributed by atoms with E-state index in [4.69, 9.17) is 9.15 Å². The Morgan fingerprint density at radius 2 is 2.00 bits per heavy atom. The van der Waals surface area contributed by atoms with Crippen LogP contribution in [-0.2, 0) is 6.42 Å². The molecule has 2 rings (SSSR count). The minimum Gasteiger partial charge on any atom is -0.467 e. The molecule has 0 spiro atoms. The van der Waals surface area contributed by atoms with E-state index in [0.29, 0.717) is 11.8 Å². The van der Waals surface area contributed by atoms with Crippen LogP contribution in [0, 0.1) is 0 Å². The van der Waals surface area contributed by atoms with Gasteiger partial charge in [-0.1, -0.05) is 25.1 Å². The Morgan fingerprint density at radius 1 is 1.27 bits per heavy atom. The van der Waals surface area contributed by atoms with Crippen molar-refractivity contribution in [3.05, 3.63) is 36.0 Å². The van der Waals surface area contributed by atoms with Crippen LogP contribution in [-0.4, -0.2) is 12.1 Å². The van der Waals surface area contributed by atoms with Gasteiger partial charge in [0.2, 0.25) is 5.89 Å². The van der Waals surface area contributed by atoms with E-state index >= 15 is 0 Å². The highest BCUT2D eigenvalue weighted by molar-refractivity contribution is 5.53. The Bertz CT molecular complexity index is 413. The molecule has 1 heterocycles. The van der Waals surface area contributed by atoms with E-state index in [9.17, 15) is 0 Å². The highest BCUT2D eigenvalue weighted by atomic mass is 16.6. The zero-order valence-corrected chi connectivity index (χ0v) is 8.86. The molecule has 78 valence electrons. The third-order valence-corrected chi connectivity index (χ3v) is 2.20. The molecule has 0 fully saturated rings. The zero-order valence-electron chi connectivity index (χ0n) is 8.86. The van der Waals surface area contributed by atoms with Crippen molar-refractivity contribution in [1.29, 1.82) is 0 Å². The lowest BCUT2D eigenvalue weighted by atomic mass is 10.2. The highest BCUT2D eigenvalue weighted by Gasteiger charge is 2.12. The van der Waals surface area contributed by atoms with Gasteiger partial charge in [0.1, 0.15) is 5.69 Å². The van der Waals surface area contributed by atoms with Gasteiger partial charge in [-0.3, -0.25) is 0 Å². The van der Waals surface area contributed by atoms with Crippen molar-refractivity contribution >= 4 is 0 Å². The van der Waals surface area contributed by atoms with Crippen LogP contribution < -0.4 is 4.74 Å². The molecule has 0 aliphatic carbocycles. The minimum absolute atomic E-state index is 0.511. The molecule has 0 radical (unpaired) electrons. The summed E-state index contributed by atoms with van der Waals surface area (Å²) in [6.07, 6.45) is 0.805. The van der Waals surface area contributed by atoms with E-state index < -0.39 is 0 Å². The molecule has 0 amide bonds. The Balaban J connectivity index is 2.42. The third kappa shape index (κ3) is 1.86. The van der Waals surface area contributed by atoms with E-state index in [1.165, 1.54) is 0 Å². The molecule has 0 aliphatic rings. The normalized spacial score (nSPS) is 10.3. The van der Waals surface area contributed by atoms with Crippen LogP contribution in [0.5, 0.6) is 5.95 Å². The van der Waals surface area contributed by atoms with Crippen LogP contribution in [0.4, 0.5) is 0 Å². The Labute approximate surface area is 88.7 Å². The van der Waals surface area contributed by atoms with Crippen molar-refractivity contribution in [2.24, 2.45) is 0 Å². The first kappa shape index (κ1) is 9.77. The first-order valence-electron chi connectivity index (χ1n) is 4.94. The molecule has 0 bridgehead atoms. The number of hydrogen-bond donors (Lipinski definition) is 0. The molecule has 15 heavy (non-hydrogen) atoms. The second kappa shape index (κ2) is 4.17. The van der Waals surface area contributed by atoms with Crippen molar-refractivity contribution in [1.82, 2.24) is 4.98 Å². The molecular weight excluding hydrogens is 190 g/mol. The van der Waals surface area contributed by atoms with Gasteiger partial charge in [0.05, 0.1) is 7.11 Å². The third-order valence-electron chi connectivity index (χ3n) is 2.20. The predicted octanol–water partition coefficient (Wildman–Crippen LogP) is 2.91. The fourth-order valence-corrected chi connectivity index (χ4v) is 1.42. The molecule has 0 aliphatic heterocycles. The topological polar surface area (TPSA) is 35.3 Å². The van der Waals surface area contributed by atoms with Gasteiger partial charge in [-0.25, -0.2) is 4.98 Å². The molecule has 1 aromatic heterocycles. The summed E-state index contributed by atoms with van der Waals surface area (Å²) in [5.41, 5.74) is 1.83. The number of ether oxygens (including phenoxy) is 1. The Hall–Kier alpha value is -1.77. The van der Waals surface area contributed by atoms with Gasteiger partial charge in [-0.15, -0.1) is 0 Å². The fraction of sp³-hybridized carbons (Fsp3) is 0.250. The molecule has 0 saturated heterocycles. The van der Waals surface area contributed by atoms with E-state index in [2.05, 4.69) is 4.98 Å².